The van der Waals surface area contributed by atoms with Crippen LogP contribution in [0.15, 0.2) is 0 Å². The Morgan fingerprint density at radius 2 is 1.29 bits per heavy atom. The molecule has 0 aliphatic carbocycles. The maximum Gasteiger partial charge on any atom is 0.337 e. The first-order chi connectivity index (χ1) is 8.24. The highest BCUT2D eigenvalue weighted by Crippen LogP contribution is 2.19. The van der Waals surface area contributed by atoms with Gasteiger partial charge in [0.15, 0.2) is 0 Å². The van der Waals surface area contributed by atoms with E-state index in [1.54, 1.807) is 0 Å². The molecule has 0 saturated heterocycles. The van der Waals surface area contributed by atoms with Gasteiger partial charge in [0.25, 0.3) is 0 Å². The lowest BCUT2D eigenvalue weighted by Crippen LogP contribution is -2.41. The Hall–Kier alpha value is 0.137. The molecule has 0 atom stereocenters. The minimum Gasteiger partial charge on any atom is -0.395 e. The summed E-state index contributed by atoms with van der Waals surface area (Å²) in [6.07, 6.45) is 7.95. The summed E-state index contributed by atoms with van der Waals surface area (Å²) in [4.78, 5) is 0. The van der Waals surface area contributed by atoms with Gasteiger partial charge in [-0.25, -0.2) is 0 Å². The van der Waals surface area contributed by atoms with Gasteiger partial charge in [-0.2, -0.15) is 0 Å². The number of unbranched alkanes of at least 4 members (excludes halogenated alkanes) is 5. The van der Waals surface area contributed by atoms with E-state index in [-0.39, 0.29) is 0 Å². The Kier molecular flexibility index (Phi) is 11.3. The molecule has 0 radical (unpaired) electrons. The van der Waals surface area contributed by atoms with Crippen molar-refractivity contribution < 1.29 is 8.85 Å². The van der Waals surface area contributed by atoms with Crippen molar-refractivity contribution in [1.29, 1.82) is 0 Å². The Morgan fingerprint density at radius 1 is 0.706 bits per heavy atom. The fourth-order valence-electron chi connectivity index (χ4n) is 2.10. The van der Waals surface area contributed by atoms with Crippen molar-refractivity contribution in [3.05, 3.63) is 0 Å². The fraction of sp³-hybridized carbons (Fsp3) is 1.00. The highest BCUT2D eigenvalue weighted by atomic mass is 28.4. The molecule has 3 heteroatoms. The van der Waals surface area contributed by atoms with Crippen molar-refractivity contribution in [2.24, 2.45) is 0 Å². The van der Waals surface area contributed by atoms with Crippen molar-refractivity contribution in [2.45, 2.75) is 78.3 Å². The van der Waals surface area contributed by atoms with E-state index in [2.05, 4.69) is 27.7 Å². The van der Waals surface area contributed by atoms with Crippen LogP contribution in [0.1, 0.15) is 66.2 Å². The van der Waals surface area contributed by atoms with Crippen LogP contribution in [0.5, 0.6) is 0 Å². The van der Waals surface area contributed by atoms with Crippen molar-refractivity contribution in [2.75, 3.05) is 13.2 Å². The first-order valence-electron chi connectivity index (χ1n) is 7.52. The molecule has 0 heterocycles. The monoisotopic (exact) mass is 260 g/mol. The zero-order chi connectivity index (χ0) is 13.0. The smallest absolute Gasteiger partial charge is 0.337 e. The molecule has 0 bridgehead atoms. The molecule has 0 rings (SSSR count). The van der Waals surface area contributed by atoms with Crippen LogP contribution in [-0.2, 0) is 8.85 Å². The molecule has 104 valence electrons. The Labute approximate surface area is 109 Å². The average Bonchev–Trinajstić information content (AvgIpc) is 2.36. The molecule has 0 saturated carbocycles. The van der Waals surface area contributed by atoms with Crippen LogP contribution in [0.2, 0.25) is 12.1 Å². The second-order valence-electron chi connectivity index (χ2n) is 4.67. The van der Waals surface area contributed by atoms with Crippen molar-refractivity contribution >= 4 is 8.56 Å². The van der Waals surface area contributed by atoms with Crippen LogP contribution in [0, 0.1) is 0 Å². The van der Waals surface area contributed by atoms with Crippen LogP contribution in [0.4, 0.5) is 0 Å². The Balaban J connectivity index is 3.61. The molecule has 17 heavy (non-hydrogen) atoms. The lowest BCUT2D eigenvalue weighted by atomic mass is 10.1. The first kappa shape index (κ1) is 17.1. The topological polar surface area (TPSA) is 18.5 Å². The van der Waals surface area contributed by atoms with Crippen LogP contribution in [0.3, 0.4) is 0 Å². The molecule has 0 aliphatic heterocycles. The lowest BCUT2D eigenvalue weighted by Gasteiger charge is -2.28. The maximum absolute atomic E-state index is 6.09. The molecule has 0 aromatic heterocycles. The fourth-order valence-corrected chi connectivity index (χ4v) is 4.55. The zero-order valence-electron chi connectivity index (χ0n) is 12.4. The lowest BCUT2D eigenvalue weighted by molar-refractivity contribution is 0.173. The van der Waals surface area contributed by atoms with E-state index >= 15 is 0 Å². The second-order valence-corrected chi connectivity index (χ2v) is 8.48. The summed E-state index contributed by atoms with van der Waals surface area (Å²) in [5.74, 6) is 0. The molecule has 0 aromatic rings. The van der Waals surface area contributed by atoms with E-state index in [4.69, 9.17) is 8.85 Å². The van der Waals surface area contributed by atoms with Crippen LogP contribution < -0.4 is 0 Å². The molecule has 0 fully saturated rings. The van der Waals surface area contributed by atoms with Crippen molar-refractivity contribution in [3.63, 3.8) is 0 Å². The van der Waals surface area contributed by atoms with Crippen LogP contribution in [0.25, 0.3) is 0 Å². The number of hydrogen-bond acceptors (Lipinski definition) is 2. The van der Waals surface area contributed by atoms with E-state index in [1.807, 2.05) is 0 Å². The standard InChI is InChI=1S/C14H32O2Si/c1-5-9-10-11-12-13-14-16-17(7-3,8-4)15-6-2/h5-14H2,1-4H3. The van der Waals surface area contributed by atoms with Gasteiger partial charge in [-0.3, -0.25) is 0 Å². The highest BCUT2D eigenvalue weighted by Gasteiger charge is 2.32. The van der Waals surface area contributed by atoms with Gasteiger partial charge < -0.3 is 8.85 Å². The molecule has 2 nitrogen and oxygen atoms in total. The third-order valence-electron chi connectivity index (χ3n) is 3.35. The molecule has 0 unspecified atom stereocenters. The Morgan fingerprint density at radius 3 is 1.82 bits per heavy atom. The SMILES string of the molecule is CCCCCCCCO[Si](CC)(CC)OCC. The summed E-state index contributed by atoms with van der Waals surface area (Å²) in [6, 6.07) is 2.15. The summed E-state index contributed by atoms with van der Waals surface area (Å²) in [6.45, 7) is 10.4. The normalized spacial score (nSPS) is 12.0. The predicted molar refractivity (Wildman–Crippen MR) is 77.7 cm³/mol. The molecule has 0 aliphatic rings. The second kappa shape index (κ2) is 11.2. The molecular weight excluding hydrogens is 228 g/mol. The molecule has 0 spiro atoms. The van der Waals surface area contributed by atoms with Gasteiger partial charge in [0, 0.05) is 13.2 Å². The Bertz CT molecular complexity index is 158. The predicted octanol–water partition coefficient (Wildman–Crippen LogP) is 4.88. The van der Waals surface area contributed by atoms with Crippen molar-refractivity contribution in [3.8, 4) is 0 Å². The van der Waals surface area contributed by atoms with E-state index in [1.165, 1.54) is 38.5 Å². The number of rotatable bonds is 12. The van der Waals surface area contributed by atoms with E-state index in [0.717, 1.165) is 25.3 Å². The minimum atomic E-state index is -1.82. The maximum atomic E-state index is 6.09. The first-order valence-corrected chi connectivity index (χ1v) is 9.75. The third kappa shape index (κ3) is 7.95. The van der Waals surface area contributed by atoms with E-state index in [9.17, 15) is 0 Å². The summed E-state index contributed by atoms with van der Waals surface area (Å²) < 4.78 is 12.0. The van der Waals surface area contributed by atoms with Crippen LogP contribution in [-0.4, -0.2) is 21.8 Å². The zero-order valence-corrected chi connectivity index (χ0v) is 13.4. The van der Waals surface area contributed by atoms with Crippen LogP contribution >= 0.6 is 0 Å². The van der Waals surface area contributed by atoms with Gasteiger partial charge in [0.2, 0.25) is 0 Å². The van der Waals surface area contributed by atoms with E-state index in [0.29, 0.717) is 0 Å². The molecular formula is C14H32O2Si. The van der Waals surface area contributed by atoms with Gasteiger partial charge in [-0.05, 0) is 25.4 Å². The summed E-state index contributed by atoms with van der Waals surface area (Å²) in [7, 11) is -1.82. The average molecular weight is 260 g/mol. The highest BCUT2D eigenvalue weighted by molar-refractivity contribution is 6.67. The van der Waals surface area contributed by atoms with Gasteiger partial charge in [0.05, 0.1) is 0 Å². The largest absolute Gasteiger partial charge is 0.395 e. The summed E-state index contributed by atoms with van der Waals surface area (Å²) in [5.41, 5.74) is 0. The van der Waals surface area contributed by atoms with Crippen molar-refractivity contribution in [1.82, 2.24) is 0 Å². The summed E-state index contributed by atoms with van der Waals surface area (Å²) in [5, 5.41) is 0. The van der Waals surface area contributed by atoms with Gasteiger partial charge >= 0.3 is 8.56 Å². The quantitative estimate of drug-likeness (QED) is 0.368. The third-order valence-corrected chi connectivity index (χ3v) is 7.05. The minimum absolute atomic E-state index is 0.796. The van der Waals surface area contributed by atoms with E-state index < -0.39 is 8.56 Å². The van der Waals surface area contributed by atoms with Gasteiger partial charge in [0.1, 0.15) is 0 Å². The molecule has 0 N–H and O–H groups in total. The molecule has 0 amide bonds. The number of hydrogen-bond donors (Lipinski definition) is 0. The molecule has 0 aromatic carbocycles. The summed E-state index contributed by atoms with van der Waals surface area (Å²) >= 11 is 0. The van der Waals surface area contributed by atoms with Gasteiger partial charge in [-0.15, -0.1) is 0 Å². The van der Waals surface area contributed by atoms with Gasteiger partial charge in [-0.1, -0.05) is 52.9 Å².